The average Bonchev–Trinajstić information content (AvgIpc) is 3.00. The molecule has 27 heavy (non-hydrogen) atoms. The largest absolute Gasteiger partial charge is 0.398 e. The fourth-order valence-electron chi connectivity index (χ4n) is 2.56. The number of carbonyl (C=O) groups is 1. The van der Waals surface area contributed by atoms with Crippen molar-refractivity contribution in [2.75, 3.05) is 5.73 Å². The molecular formula is C19H13FN4OS2. The van der Waals surface area contributed by atoms with Crippen molar-refractivity contribution in [2.24, 2.45) is 4.99 Å². The molecule has 0 fully saturated rings. The van der Waals surface area contributed by atoms with E-state index in [0.29, 0.717) is 26.3 Å². The van der Waals surface area contributed by atoms with Crippen molar-refractivity contribution < 1.29 is 9.18 Å². The second kappa shape index (κ2) is 7.50. The molecule has 0 bridgehead atoms. The number of carbonyl (C=O) groups excluding carboxylic acids is 1. The van der Waals surface area contributed by atoms with E-state index in [2.05, 4.69) is 15.0 Å². The molecule has 8 heteroatoms. The van der Waals surface area contributed by atoms with Gasteiger partial charge in [0.25, 0.3) is 5.91 Å². The minimum atomic E-state index is -0.355. The van der Waals surface area contributed by atoms with Gasteiger partial charge >= 0.3 is 0 Å². The summed E-state index contributed by atoms with van der Waals surface area (Å²) >= 11 is 2.58. The van der Waals surface area contributed by atoms with E-state index < -0.39 is 0 Å². The van der Waals surface area contributed by atoms with Crippen LogP contribution in [-0.4, -0.2) is 20.3 Å². The molecule has 0 saturated carbocycles. The van der Waals surface area contributed by atoms with Crippen LogP contribution < -0.4 is 5.73 Å². The summed E-state index contributed by atoms with van der Waals surface area (Å²) in [6.45, 7) is 0. The average molecular weight is 396 g/mol. The van der Waals surface area contributed by atoms with E-state index in [4.69, 9.17) is 5.73 Å². The quantitative estimate of drug-likeness (QED) is 0.526. The van der Waals surface area contributed by atoms with Gasteiger partial charge in [-0.05, 0) is 35.9 Å². The van der Waals surface area contributed by atoms with Gasteiger partial charge in [-0.25, -0.2) is 14.4 Å². The zero-order valence-corrected chi connectivity index (χ0v) is 15.6. The van der Waals surface area contributed by atoms with Crippen LogP contribution in [0.3, 0.4) is 0 Å². The fraction of sp³-hybridized carbons (Fsp3) is 0.0526. The molecule has 134 valence electrons. The van der Waals surface area contributed by atoms with Crippen molar-refractivity contribution in [2.45, 2.75) is 5.75 Å². The third-order valence-electron chi connectivity index (χ3n) is 3.92. The Morgan fingerprint density at radius 1 is 1.26 bits per heavy atom. The van der Waals surface area contributed by atoms with Gasteiger partial charge in [0.2, 0.25) is 0 Å². The predicted molar refractivity (Wildman–Crippen MR) is 110 cm³/mol. The Labute approximate surface area is 163 Å². The van der Waals surface area contributed by atoms with Crippen molar-refractivity contribution in [3.63, 3.8) is 0 Å². The molecule has 2 N–H and O–H groups in total. The number of nitrogen functional groups attached to an aromatic ring is 1. The van der Waals surface area contributed by atoms with Gasteiger partial charge in [-0.1, -0.05) is 35.7 Å². The highest BCUT2D eigenvalue weighted by molar-refractivity contribution is 8.40. The maximum atomic E-state index is 13.9. The number of anilines is 1. The number of hydrogen-bond acceptors (Lipinski definition) is 6. The first-order valence-corrected chi connectivity index (χ1v) is 9.78. The monoisotopic (exact) mass is 396 g/mol. The number of nitrogens with zero attached hydrogens (tertiary/aromatic N) is 3. The molecule has 0 saturated heterocycles. The number of hydrogen-bond donors (Lipinski definition) is 1. The van der Waals surface area contributed by atoms with Gasteiger partial charge in [-0.3, -0.25) is 4.79 Å². The van der Waals surface area contributed by atoms with E-state index in [1.54, 1.807) is 24.4 Å². The standard InChI is InChI=1S/C19H13FN4OS2/c20-14-2-1-3-15(21)13(14)9-26-19-24-18(25)17(27-19)7-11-4-5-16-12(6-11)8-22-10-23-16/h1-8,10H,9,21H2. The van der Waals surface area contributed by atoms with Crippen molar-refractivity contribution in [1.82, 2.24) is 9.97 Å². The van der Waals surface area contributed by atoms with Crippen LogP contribution in [0.2, 0.25) is 0 Å². The first-order chi connectivity index (χ1) is 13.1. The number of aliphatic imine (C=N–C) groups is 1. The summed E-state index contributed by atoms with van der Waals surface area (Å²) in [4.78, 5) is 24.9. The smallest absolute Gasteiger partial charge is 0.285 e. The number of fused-ring (bicyclic) bond motifs is 1. The highest BCUT2D eigenvalue weighted by atomic mass is 32.2. The maximum absolute atomic E-state index is 13.9. The lowest BCUT2D eigenvalue weighted by molar-refractivity contribution is -0.113. The number of nitrogens with two attached hydrogens (primary N) is 1. The molecule has 5 nitrogen and oxygen atoms in total. The summed E-state index contributed by atoms with van der Waals surface area (Å²) in [5.41, 5.74) is 8.35. The number of rotatable bonds is 3. The SMILES string of the molecule is Nc1cccc(F)c1CSC1=NC(=O)C(=Cc2ccc3ncncc3c2)S1. The van der Waals surface area contributed by atoms with Crippen molar-refractivity contribution in [3.8, 4) is 0 Å². The van der Waals surface area contributed by atoms with Crippen LogP contribution in [0.25, 0.3) is 17.0 Å². The Balaban J connectivity index is 1.49. The maximum Gasteiger partial charge on any atom is 0.285 e. The summed E-state index contributed by atoms with van der Waals surface area (Å²) in [6, 6.07) is 10.3. The van der Waals surface area contributed by atoms with Crippen molar-refractivity contribution >= 4 is 56.5 Å². The predicted octanol–water partition coefficient (Wildman–Crippen LogP) is 4.25. The molecule has 0 radical (unpaired) electrons. The lowest BCUT2D eigenvalue weighted by Crippen LogP contribution is -1.97. The number of thioether (sulfide) groups is 2. The number of benzene rings is 2. The van der Waals surface area contributed by atoms with Gasteiger partial charge < -0.3 is 5.73 Å². The van der Waals surface area contributed by atoms with Gasteiger partial charge in [-0.2, -0.15) is 4.99 Å². The summed E-state index contributed by atoms with van der Waals surface area (Å²) in [7, 11) is 0. The highest BCUT2D eigenvalue weighted by Crippen LogP contribution is 2.36. The third-order valence-corrected chi connectivity index (χ3v) is 6.08. The second-order valence-electron chi connectivity index (χ2n) is 5.73. The molecule has 0 atom stereocenters. The molecule has 0 unspecified atom stereocenters. The van der Waals surface area contributed by atoms with Crippen LogP contribution in [0.4, 0.5) is 10.1 Å². The Bertz CT molecular complexity index is 1090. The van der Waals surface area contributed by atoms with Crippen LogP contribution in [0.1, 0.15) is 11.1 Å². The van der Waals surface area contributed by atoms with Gasteiger partial charge in [-0.15, -0.1) is 0 Å². The number of halogens is 1. The van der Waals surface area contributed by atoms with Crippen molar-refractivity contribution in [3.05, 3.63) is 70.8 Å². The van der Waals surface area contributed by atoms with Crippen LogP contribution in [0, 0.1) is 5.82 Å². The van der Waals surface area contributed by atoms with Gasteiger partial charge in [0.15, 0.2) is 0 Å². The molecule has 4 rings (SSSR count). The van der Waals surface area contributed by atoms with Gasteiger partial charge in [0.05, 0.1) is 10.4 Å². The molecule has 3 aromatic rings. The van der Waals surface area contributed by atoms with Crippen LogP contribution in [0.15, 0.2) is 58.8 Å². The van der Waals surface area contributed by atoms with Crippen molar-refractivity contribution in [1.29, 1.82) is 0 Å². The molecule has 2 heterocycles. The summed E-state index contributed by atoms with van der Waals surface area (Å²) in [6.07, 6.45) is 5.01. The Hall–Kier alpha value is -2.71. The highest BCUT2D eigenvalue weighted by Gasteiger charge is 2.22. The van der Waals surface area contributed by atoms with Gasteiger partial charge in [0.1, 0.15) is 16.5 Å². The molecule has 0 spiro atoms. The minimum absolute atomic E-state index is 0.298. The molecule has 1 aliphatic rings. The fourth-order valence-corrected chi connectivity index (χ4v) is 4.60. The summed E-state index contributed by atoms with van der Waals surface area (Å²) in [5.74, 6) is -0.335. The topological polar surface area (TPSA) is 81.2 Å². The zero-order chi connectivity index (χ0) is 18.8. The van der Waals surface area contributed by atoms with E-state index in [-0.39, 0.29) is 11.7 Å². The summed E-state index contributed by atoms with van der Waals surface area (Å²) in [5, 5.41) is 0.896. The molecule has 1 aromatic heterocycles. The third kappa shape index (κ3) is 3.86. The van der Waals surface area contributed by atoms with E-state index in [9.17, 15) is 9.18 Å². The van der Waals surface area contributed by atoms with Crippen LogP contribution >= 0.6 is 23.5 Å². The second-order valence-corrected chi connectivity index (χ2v) is 7.98. The van der Waals surface area contributed by atoms with E-state index >= 15 is 0 Å². The molecule has 1 amide bonds. The lowest BCUT2D eigenvalue weighted by Gasteiger charge is -2.05. The molecule has 2 aromatic carbocycles. The van der Waals surface area contributed by atoms with Gasteiger partial charge in [0, 0.05) is 28.6 Å². The lowest BCUT2D eigenvalue weighted by atomic mass is 10.1. The number of aromatic nitrogens is 2. The van der Waals surface area contributed by atoms with Crippen LogP contribution in [0.5, 0.6) is 0 Å². The summed E-state index contributed by atoms with van der Waals surface area (Å²) < 4.78 is 14.4. The van der Waals surface area contributed by atoms with E-state index in [0.717, 1.165) is 16.5 Å². The molecule has 0 aliphatic carbocycles. The number of amides is 1. The molecular weight excluding hydrogens is 383 g/mol. The first-order valence-electron chi connectivity index (χ1n) is 7.98. The normalized spacial score (nSPS) is 15.5. The van der Waals surface area contributed by atoms with Crippen LogP contribution in [-0.2, 0) is 10.5 Å². The Kier molecular flexibility index (Phi) is 4.91. The minimum Gasteiger partial charge on any atom is -0.398 e. The molecule has 1 aliphatic heterocycles. The zero-order valence-electron chi connectivity index (χ0n) is 13.9. The van der Waals surface area contributed by atoms with E-state index in [1.165, 1.54) is 35.9 Å². The Morgan fingerprint density at radius 3 is 3.00 bits per heavy atom. The van der Waals surface area contributed by atoms with E-state index in [1.807, 2.05) is 18.2 Å². The Morgan fingerprint density at radius 2 is 2.15 bits per heavy atom. The first kappa shape index (κ1) is 17.7.